The van der Waals surface area contributed by atoms with Gasteiger partial charge in [-0.05, 0) is 6.07 Å². The number of aromatic nitrogens is 1. The second-order valence-electron chi connectivity index (χ2n) is 1.53. The SMILES string of the molecule is FC(F)(F)c1[c][c]n[c]c1. The van der Waals surface area contributed by atoms with Gasteiger partial charge in [0, 0.05) is 6.07 Å². The fourth-order valence-corrected chi connectivity index (χ4v) is 0.406. The molecular weight excluding hydrogens is 143 g/mol. The Bertz CT molecular complexity index is 204. The van der Waals surface area contributed by atoms with E-state index >= 15 is 0 Å². The lowest BCUT2D eigenvalue weighted by Crippen LogP contribution is -2.04. The van der Waals surface area contributed by atoms with Crippen molar-refractivity contribution < 1.29 is 13.2 Å². The Kier molecular flexibility index (Phi) is 1.61. The van der Waals surface area contributed by atoms with Gasteiger partial charge in [0.25, 0.3) is 0 Å². The van der Waals surface area contributed by atoms with Crippen molar-refractivity contribution in [3.63, 3.8) is 0 Å². The van der Waals surface area contributed by atoms with Crippen molar-refractivity contribution >= 4 is 0 Å². The monoisotopic (exact) mass is 144 g/mol. The summed E-state index contributed by atoms with van der Waals surface area (Å²) in [5, 5.41) is 0. The van der Waals surface area contributed by atoms with Crippen LogP contribution < -0.4 is 0 Å². The van der Waals surface area contributed by atoms with Gasteiger partial charge in [-0.1, -0.05) is 0 Å². The largest absolute Gasteiger partial charge is 0.417 e. The Hall–Kier alpha value is -1.06. The normalized spacial score (nSPS) is 11.5. The molecule has 4 heteroatoms. The lowest BCUT2D eigenvalue weighted by Gasteiger charge is -2.02. The maximum absolute atomic E-state index is 11.7. The molecule has 0 N–H and O–H groups in total. The van der Waals surface area contributed by atoms with Crippen molar-refractivity contribution in [2.24, 2.45) is 0 Å². The third-order valence-electron chi connectivity index (χ3n) is 0.825. The zero-order valence-corrected chi connectivity index (χ0v) is 4.66. The first kappa shape index (κ1) is 7.05. The van der Waals surface area contributed by atoms with Crippen molar-refractivity contribution in [2.45, 2.75) is 6.18 Å². The van der Waals surface area contributed by atoms with E-state index in [9.17, 15) is 13.2 Å². The van der Waals surface area contributed by atoms with Gasteiger partial charge in [0.15, 0.2) is 0 Å². The van der Waals surface area contributed by atoms with Crippen LogP contribution in [0.1, 0.15) is 5.56 Å². The smallest absolute Gasteiger partial charge is 0.244 e. The molecule has 0 fully saturated rings. The summed E-state index contributed by atoms with van der Waals surface area (Å²) in [6.07, 6.45) is -0.437. The zero-order valence-electron chi connectivity index (χ0n) is 4.66. The topological polar surface area (TPSA) is 12.9 Å². The quantitative estimate of drug-likeness (QED) is 0.537. The maximum Gasteiger partial charge on any atom is 0.417 e. The van der Waals surface area contributed by atoms with Crippen LogP contribution in [0.2, 0.25) is 0 Å². The molecule has 3 radical (unpaired) electrons. The molecule has 51 valence electrons. The van der Waals surface area contributed by atoms with Crippen molar-refractivity contribution in [2.75, 3.05) is 0 Å². The Balaban J connectivity index is 2.97. The molecule has 0 atom stereocenters. The molecule has 1 rings (SSSR count). The molecule has 0 aromatic carbocycles. The van der Waals surface area contributed by atoms with E-state index in [-0.39, 0.29) is 0 Å². The highest BCUT2D eigenvalue weighted by molar-refractivity contribution is 5.10. The first-order chi connectivity index (χ1) is 4.61. The maximum atomic E-state index is 11.7. The average Bonchev–Trinajstić information content (AvgIpc) is 1.88. The van der Waals surface area contributed by atoms with E-state index in [0.29, 0.717) is 0 Å². The average molecular weight is 144 g/mol. The number of halogens is 3. The Labute approximate surface area is 55.5 Å². The predicted octanol–water partition coefficient (Wildman–Crippen LogP) is 1.50. The van der Waals surface area contributed by atoms with Crippen LogP contribution in [0.3, 0.4) is 0 Å². The molecule has 0 aliphatic rings. The van der Waals surface area contributed by atoms with E-state index in [1.165, 1.54) is 0 Å². The fraction of sp³-hybridized carbons (Fsp3) is 0.167. The highest BCUT2D eigenvalue weighted by atomic mass is 19.4. The van der Waals surface area contributed by atoms with Gasteiger partial charge in [-0.3, -0.25) is 0 Å². The minimum Gasteiger partial charge on any atom is -0.244 e. The molecule has 0 amide bonds. The molecule has 1 nitrogen and oxygen atoms in total. The molecule has 0 aliphatic heterocycles. The molecular formula is C6HF3N. The standard InChI is InChI=1S/C6HF3N/c7-6(8,9)5-1-3-10-4-2-5/h1H. The Morgan fingerprint density at radius 3 is 2.40 bits per heavy atom. The van der Waals surface area contributed by atoms with Crippen LogP contribution in [0.25, 0.3) is 0 Å². The molecule has 10 heavy (non-hydrogen) atoms. The van der Waals surface area contributed by atoms with E-state index in [0.717, 1.165) is 6.07 Å². The molecule has 0 aliphatic carbocycles. The summed E-state index contributed by atoms with van der Waals surface area (Å²) >= 11 is 0. The Morgan fingerprint density at radius 1 is 1.40 bits per heavy atom. The number of rotatable bonds is 0. The van der Waals surface area contributed by atoms with Gasteiger partial charge < -0.3 is 0 Å². The molecule has 0 saturated carbocycles. The van der Waals surface area contributed by atoms with E-state index < -0.39 is 11.7 Å². The van der Waals surface area contributed by atoms with Crippen LogP contribution in [-0.4, -0.2) is 4.98 Å². The van der Waals surface area contributed by atoms with E-state index in [1.807, 2.05) is 18.5 Å². The highest BCUT2D eigenvalue weighted by Crippen LogP contribution is 2.27. The van der Waals surface area contributed by atoms with Gasteiger partial charge in [0.2, 0.25) is 0 Å². The van der Waals surface area contributed by atoms with Crippen LogP contribution in [0.15, 0.2) is 6.07 Å². The fourth-order valence-electron chi connectivity index (χ4n) is 0.406. The summed E-state index contributed by atoms with van der Waals surface area (Å²) in [7, 11) is 0. The summed E-state index contributed by atoms with van der Waals surface area (Å²) in [5.74, 6) is 0. The van der Waals surface area contributed by atoms with Gasteiger partial charge in [-0.2, -0.15) is 13.2 Å². The summed E-state index contributed by atoms with van der Waals surface area (Å²) in [6.45, 7) is 0. The number of pyridine rings is 1. The predicted molar refractivity (Wildman–Crippen MR) is 25.7 cm³/mol. The van der Waals surface area contributed by atoms with Crippen LogP contribution in [0.4, 0.5) is 13.2 Å². The van der Waals surface area contributed by atoms with E-state index in [1.54, 1.807) is 0 Å². The number of hydrogen-bond donors (Lipinski definition) is 0. The van der Waals surface area contributed by atoms with Crippen LogP contribution in [0.5, 0.6) is 0 Å². The molecule has 1 aromatic heterocycles. The molecule has 0 bridgehead atoms. The third kappa shape index (κ3) is 1.46. The second-order valence-corrected chi connectivity index (χ2v) is 1.53. The summed E-state index contributed by atoms with van der Waals surface area (Å²) in [6, 6.07) is 2.53. The molecule has 0 unspecified atom stereocenters. The van der Waals surface area contributed by atoms with Crippen molar-refractivity contribution in [3.8, 4) is 0 Å². The van der Waals surface area contributed by atoms with Gasteiger partial charge in [0.1, 0.15) is 0 Å². The second kappa shape index (κ2) is 2.28. The van der Waals surface area contributed by atoms with E-state index in [2.05, 4.69) is 4.98 Å². The molecule has 1 heterocycles. The summed E-state index contributed by atoms with van der Waals surface area (Å²) in [4.78, 5) is 3.15. The van der Waals surface area contributed by atoms with Gasteiger partial charge in [-0.15, -0.1) is 0 Å². The molecule has 1 aromatic rings. The zero-order chi connectivity index (χ0) is 7.61. The van der Waals surface area contributed by atoms with E-state index in [4.69, 9.17) is 0 Å². The highest BCUT2D eigenvalue weighted by Gasteiger charge is 2.30. The number of alkyl halides is 3. The first-order valence-corrected chi connectivity index (χ1v) is 2.34. The third-order valence-corrected chi connectivity index (χ3v) is 0.825. The molecule has 0 saturated heterocycles. The lowest BCUT2D eigenvalue weighted by molar-refractivity contribution is -0.137. The lowest BCUT2D eigenvalue weighted by atomic mass is 10.3. The van der Waals surface area contributed by atoms with Gasteiger partial charge in [0.05, 0.1) is 18.0 Å². The van der Waals surface area contributed by atoms with Crippen molar-refractivity contribution in [1.82, 2.24) is 4.98 Å². The van der Waals surface area contributed by atoms with Crippen LogP contribution in [0, 0.1) is 18.5 Å². The minimum atomic E-state index is -4.37. The summed E-state index contributed by atoms with van der Waals surface area (Å²) < 4.78 is 35.1. The van der Waals surface area contributed by atoms with Crippen molar-refractivity contribution in [1.29, 1.82) is 0 Å². The van der Waals surface area contributed by atoms with Crippen LogP contribution >= 0.6 is 0 Å². The van der Waals surface area contributed by atoms with Crippen LogP contribution in [-0.2, 0) is 6.18 Å². The van der Waals surface area contributed by atoms with Crippen molar-refractivity contribution in [3.05, 3.63) is 30.1 Å². The summed E-state index contributed by atoms with van der Waals surface area (Å²) in [5.41, 5.74) is -0.900. The Morgan fingerprint density at radius 2 is 2.10 bits per heavy atom. The van der Waals surface area contributed by atoms with Gasteiger partial charge >= 0.3 is 6.18 Å². The first-order valence-electron chi connectivity index (χ1n) is 2.34. The number of hydrogen-bond acceptors (Lipinski definition) is 1. The minimum absolute atomic E-state index is 0.719. The van der Waals surface area contributed by atoms with Gasteiger partial charge in [-0.25, -0.2) is 4.98 Å². The molecule has 0 spiro atoms. The number of nitrogens with zero attached hydrogens (tertiary/aromatic N) is 1.